The second kappa shape index (κ2) is 5.80. The number of carbonyl (C=O) groups is 1. The minimum Gasteiger partial charge on any atom is -0.372 e. The predicted octanol–water partition coefficient (Wildman–Crippen LogP) is 2.86. The molecule has 2 rings (SSSR count). The topological polar surface area (TPSA) is 51.2 Å². The molecule has 2 aromatic rings. The molecular formula is C13H13ClN2O2. The summed E-state index contributed by atoms with van der Waals surface area (Å²) in [6.07, 6.45) is 1.68. The zero-order chi connectivity index (χ0) is 13.0. The van der Waals surface area contributed by atoms with Crippen LogP contribution < -0.4 is 5.32 Å². The van der Waals surface area contributed by atoms with Crippen molar-refractivity contribution in [2.75, 3.05) is 18.5 Å². The SMILES string of the molecule is CCOCC(=O)Nc1cc(Cl)cc2cccnc12. The highest BCUT2D eigenvalue weighted by atomic mass is 35.5. The van der Waals surface area contributed by atoms with Crippen molar-refractivity contribution in [3.63, 3.8) is 0 Å². The van der Waals surface area contributed by atoms with Crippen LogP contribution >= 0.6 is 11.6 Å². The Hall–Kier alpha value is -1.65. The Labute approximate surface area is 110 Å². The highest BCUT2D eigenvalue weighted by Crippen LogP contribution is 2.26. The maximum atomic E-state index is 11.6. The average molecular weight is 265 g/mol. The number of hydrogen-bond donors (Lipinski definition) is 1. The molecule has 1 heterocycles. The zero-order valence-corrected chi connectivity index (χ0v) is 10.7. The molecule has 0 spiro atoms. The molecule has 1 aromatic heterocycles. The van der Waals surface area contributed by atoms with E-state index in [0.29, 0.717) is 22.8 Å². The van der Waals surface area contributed by atoms with Gasteiger partial charge in [-0.3, -0.25) is 9.78 Å². The van der Waals surface area contributed by atoms with Gasteiger partial charge < -0.3 is 10.1 Å². The highest BCUT2D eigenvalue weighted by molar-refractivity contribution is 6.32. The summed E-state index contributed by atoms with van der Waals surface area (Å²) in [5, 5.41) is 4.19. The second-order valence-electron chi connectivity index (χ2n) is 3.71. The molecule has 0 radical (unpaired) electrons. The van der Waals surface area contributed by atoms with E-state index in [1.165, 1.54) is 0 Å². The largest absolute Gasteiger partial charge is 0.372 e. The van der Waals surface area contributed by atoms with Crippen LogP contribution in [0.2, 0.25) is 5.02 Å². The van der Waals surface area contributed by atoms with E-state index < -0.39 is 0 Å². The van der Waals surface area contributed by atoms with Gasteiger partial charge in [-0.15, -0.1) is 0 Å². The van der Waals surface area contributed by atoms with E-state index >= 15 is 0 Å². The quantitative estimate of drug-likeness (QED) is 0.924. The number of carbonyl (C=O) groups excluding carboxylic acids is 1. The first-order chi connectivity index (χ1) is 8.70. The Kier molecular flexibility index (Phi) is 4.12. The third-order valence-electron chi connectivity index (χ3n) is 2.38. The fraction of sp³-hybridized carbons (Fsp3) is 0.231. The number of halogens is 1. The molecule has 0 atom stereocenters. The van der Waals surface area contributed by atoms with Crippen LogP contribution in [0.4, 0.5) is 5.69 Å². The molecule has 0 saturated carbocycles. The van der Waals surface area contributed by atoms with Crippen molar-refractivity contribution in [3.05, 3.63) is 35.5 Å². The number of aromatic nitrogens is 1. The molecule has 0 saturated heterocycles. The van der Waals surface area contributed by atoms with Gasteiger partial charge in [-0.1, -0.05) is 17.7 Å². The number of nitrogens with one attached hydrogen (secondary N) is 1. The summed E-state index contributed by atoms with van der Waals surface area (Å²) in [6, 6.07) is 7.21. The van der Waals surface area contributed by atoms with Crippen molar-refractivity contribution < 1.29 is 9.53 Å². The van der Waals surface area contributed by atoms with E-state index in [9.17, 15) is 4.79 Å². The number of fused-ring (bicyclic) bond motifs is 1. The number of hydrogen-bond acceptors (Lipinski definition) is 3. The molecule has 5 heteroatoms. The second-order valence-corrected chi connectivity index (χ2v) is 4.15. The van der Waals surface area contributed by atoms with Gasteiger partial charge in [-0.05, 0) is 25.1 Å². The van der Waals surface area contributed by atoms with Gasteiger partial charge in [0.25, 0.3) is 0 Å². The number of benzene rings is 1. The van der Waals surface area contributed by atoms with Gasteiger partial charge in [0.2, 0.25) is 5.91 Å². The average Bonchev–Trinajstić information content (AvgIpc) is 2.36. The normalized spacial score (nSPS) is 10.6. The Morgan fingerprint density at radius 3 is 3.11 bits per heavy atom. The predicted molar refractivity (Wildman–Crippen MR) is 71.9 cm³/mol. The van der Waals surface area contributed by atoms with Gasteiger partial charge in [-0.25, -0.2) is 0 Å². The summed E-state index contributed by atoms with van der Waals surface area (Å²) < 4.78 is 5.04. The summed E-state index contributed by atoms with van der Waals surface area (Å²) in [5.41, 5.74) is 1.31. The summed E-state index contributed by atoms with van der Waals surface area (Å²) >= 11 is 6.00. The lowest BCUT2D eigenvalue weighted by Crippen LogP contribution is -2.18. The molecule has 1 aromatic carbocycles. The van der Waals surface area contributed by atoms with Crippen LogP contribution in [-0.2, 0) is 9.53 Å². The number of amides is 1. The minimum atomic E-state index is -0.217. The van der Waals surface area contributed by atoms with Crippen molar-refractivity contribution in [1.82, 2.24) is 4.98 Å². The molecule has 1 amide bonds. The van der Waals surface area contributed by atoms with E-state index in [1.807, 2.05) is 25.1 Å². The van der Waals surface area contributed by atoms with Gasteiger partial charge in [0.05, 0.1) is 11.2 Å². The van der Waals surface area contributed by atoms with Crippen LogP contribution in [0, 0.1) is 0 Å². The third-order valence-corrected chi connectivity index (χ3v) is 2.60. The van der Waals surface area contributed by atoms with Crippen LogP contribution in [0.1, 0.15) is 6.92 Å². The molecule has 4 nitrogen and oxygen atoms in total. The number of ether oxygens (including phenoxy) is 1. The minimum absolute atomic E-state index is 0.0251. The van der Waals surface area contributed by atoms with Crippen LogP contribution in [0.25, 0.3) is 10.9 Å². The Morgan fingerprint density at radius 2 is 2.33 bits per heavy atom. The van der Waals surface area contributed by atoms with Crippen LogP contribution in [0.3, 0.4) is 0 Å². The Balaban J connectivity index is 2.29. The van der Waals surface area contributed by atoms with Gasteiger partial charge >= 0.3 is 0 Å². The third kappa shape index (κ3) is 2.97. The first kappa shape index (κ1) is 12.8. The van der Waals surface area contributed by atoms with Crippen LogP contribution in [-0.4, -0.2) is 24.1 Å². The monoisotopic (exact) mass is 264 g/mol. The molecule has 0 fully saturated rings. The Bertz CT molecular complexity index is 572. The first-order valence-corrected chi connectivity index (χ1v) is 6.00. The zero-order valence-electron chi connectivity index (χ0n) is 9.94. The maximum absolute atomic E-state index is 11.6. The van der Waals surface area contributed by atoms with Crippen molar-refractivity contribution >= 4 is 34.1 Å². The van der Waals surface area contributed by atoms with Gasteiger partial charge in [0.1, 0.15) is 6.61 Å². The molecule has 1 N–H and O–H groups in total. The molecule has 0 bridgehead atoms. The van der Waals surface area contributed by atoms with E-state index in [4.69, 9.17) is 16.3 Å². The first-order valence-electron chi connectivity index (χ1n) is 5.62. The summed E-state index contributed by atoms with van der Waals surface area (Å²) in [4.78, 5) is 15.9. The standard InChI is InChI=1S/C13H13ClN2O2/c1-2-18-8-12(17)16-11-7-10(14)6-9-4-3-5-15-13(9)11/h3-7H,2,8H2,1H3,(H,16,17). The lowest BCUT2D eigenvalue weighted by Gasteiger charge is -2.08. The van der Waals surface area contributed by atoms with Crippen LogP contribution in [0.5, 0.6) is 0 Å². The van der Waals surface area contributed by atoms with E-state index in [-0.39, 0.29) is 12.5 Å². The smallest absolute Gasteiger partial charge is 0.250 e. The van der Waals surface area contributed by atoms with Crippen LogP contribution in [0.15, 0.2) is 30.5 Å². The number of anilines is 1. The Morgan fingerprint density at radius 1 is 1.50 bits per heavy atom. The number of rotatable bonds is 4. The van der Waals surface area contributed by atoms with Crippen molar-refractivity contribution in [2.24, 2.45) is 0 Å². The fourth-order valence-electron chi connectivity index (χ4n) is 1.63. The summed E-state index contributed by atoms with van der Waals surface area (Å²) in [5.74, 6) is -0.217. The van der Waals surface area contributed by atoms with Crippen molar-refractivity contribution in [3.8, 4) is 0 Å². The van der Waals surface area contributed by atoms with Crippen molar-refractivity contribution in [2.45, 2.75) is 6.92 Å². The number of pyridine rings is 1. The van der Waals surface area contributed by atoms with E-state index in [0.717, 1.165) is 5.39 Å². The van der Waals surface area contributed by atoms with Gasteiger partial charge in [0, 0.05) is 23.2 Å². The lowest BCUT2D eigenvalue weighted by atomic mass is 10.2. The fourth-order valence-corrected chi connectivity index (χ4v) is 1.86. The molecule has 0 unspecified atom stereocenters. The van der Waals surface area contributed by atoms with Gasteiger partial charge in [-0.2, -0.15) is 0 Å². The van der Waals surface area contributed by atoms with E-state index in [2.05, 4.69) is 10.3 Å². The summed E-state index contributed by atoms with van der Waals surface area (Å²) in [6.45, 7) is 2.36. The summed E-state index contributed by atoms with van der Waals surface area (Å²) in [7, 11) is 0. The van der Waals surface area contributed by atoms with Crippen molar-refractivity contribution in [1.29, 1.82) is 0 Å². The molecular weight excluding hydrogens is 252 g/mol. The molecule has 94 valence electrons. The molecule has 0 aliphatic rings. The molecule has 18 heavy (non-hydrogen) atoms. The maximum Gasteiger partial charge on any atom is 0.250 e. The lowest BCUT2D eigenvalue weighted by molar-refractivity contribution is -0.120. The molecule has 0 aliphatic heterocycles. The van der Waals surface area contributed by atoms with E-state index in [1.54, 1.807) is 12.3 Å². The highest BCUT2D eigenvalue weighted by Gasteiger charge is 2.08. The van der Waals surface area contributed by atoms with Gasteiger partial charge in [0.15, 0.2) is 0 Å². The number of nitrogens with zero attached hydrogens (tertiary/aromatic N) is 1. The molecule has 0 aliphatic carbocycles.